The number of rotatable bonds is 6. The summed E-state index contributed by atoms with van der Waals surface area (Å²) in [5.74, 6) is -0.276. The molecule has 1 saturated heterocycles. The standard InChI is InChI=1S/C26H26N2O3/c1-19(16-20-8-4-2-5-9-20)25(30)28-23(17-21-12-14-24(29)15-13-21)18-27(26(28)31)22-10-6-3-7-11-22/h2-15,19,23,29H,16-18H2,1H3/t19-,23-/m0/s1. The molecule has 0 aliphatic carbocycles. The molecule has 0 radical (unpaired) electrons. The van der Waals surface area contributed by atoms with E-state index in [0.29, 0.717) is 19.4 Å². The third-order valence-electron chi connectivity index (χ3n) is 5.71. The lowest BCUT2D eigenvalue weighted by Crippen LogP contribution is -2.44. The fraction of sp³-hybridized carbons (Fsp3) is 0.231. The van der Waals surface area contributed by atoms with Crippen molar-refractivity contribution in [2.24, 2.45) is 5.92 Å². The lowest BCUT2D eigenvalue weighted by molar-refractivity contribution is -0.132. The Morgan fingerprint density at radius 3 is 2.19 bits per heavy atom. The molecule has 3 amide bonds. The molecule has 0 aromatic heterocycles. The predicted octanol–water partition coefficient (Wildman–Crippen LogP) is 4.65. The van der Waals surface area contributed by atoms with E-state index < -0.39 is 0 Å². The van der Waals surface area contributed by atoms with E-state index in [1.165, 1.54) is 4.90 Å². The van der Waals surface area contributed by atoms with Gasteiger partial charge >= 0.3 is 6.03 Å². The largest absolute Gasteiger partial charge is 0.508 e. The molecule has 1 heterocycles. The van der Waals surface area contributed by atoms with Crippen LogP contribution < -0.4 is 4.90 Å². The van der Waals surface area contributed by atoms with Crippen molar-refractivity contribution in [1.82, 2.24) is 4.90 Å². The van der Waals surface area contributed by atoms with E-state index >= 15 is 0 Å². The molecule has 1 aliphatic rings. The summed E-state index contributed by atoms with van der Waals surface area (Å²) in [4.78, 5) is 29.9. The van der Waals surface area contributed by atoms with Gasteiger partial charge in [0.1, 0.15) is 5.75 Å². The summed E-state index contributed by atoms with van der Waals surface area (Å²) in [5, 5.41) is 9.58. The highest BCUT2D eigenvalue weighted by Crippen LogP contribution is 2.28. The highest BCUT2D eigenvalue weighted by atomic mass is 16.3. The van der Waals surface area contributed by atoms with Crippen molar-refractivity contribution in [1.29, 1.82) is 0 Å². The summed E-state index contributed by atoms with van der Waals surface area (Å²) in [6.07, 6.45) is 1.12. The number of phenolic OH excluding ortho intramolecular Hbond substituents is 1. The molecular weight excluding hydrogens is 388 g/mol. The lowest BCUT2D eigenvalue weighted by Gasteiger charge is -2.25. The van der Waals surface area contributed by atoms with E-state index in [1.54, 1.807) is 17.0 Å². The Bertz CT molecular complexity index is 1040. The Morgan fingerprint density at radius 2 is 1.55 bits per heavy atom. The zero-order valence-electron chi connectivity index (χ0n) is 17.5. The first-order valence-electron chi connectivity index (χ1n) is 10.5. The molecular formula is C26H26N2O3. The number of hydrogen-bond donors (Lipinski definition) is 1. The van der Waals surface area contributed by atoms with Gasteiger partial charge in [0.2, 0.25) is 5.91 Å². The molecule has 2 atom stereocenters. The van der Waals surface area contributed by atoms with Crippen LogP contribution in [0.2, 0.25) is 0 Å². The van der Waals surface area contributed by atoms with Crippen LogP contribution >= 0.6 is 0 Å². The molecule has 3 aromatic rings. The summed E-state index contributed by atoms with van der Waals surface area (Å²) >= 11 is 0. The van der Waals surface area contributed by atoms with Gasteiger partial charge in [-0.3, -0.25) is 14.6 Å². The number of amides is 3. The minimum atomic E-state index is -0.315. The van der Waals surface area contributed by atoms with Crippen LogP contribution in [0.3, 0.4) is 0 Å². The van der Waals surface area contributed by atoms with Crippen molar-refractivity contribution < 1.29 is 14.7 Å². The number of aromatic hydroxyl groups is 1. The maximum absolute atomic E-state index is 13.4. The second-order valence-corrected chi connectivity index (χ2v) is 8.05. The number of hydrogen-bond acceptors (Lipinski definition) is 3. The third-order valence-corrected chi connectivity index (χ3v) is 5.71. The molecule has 0 saturated carbocycles. The van der Waals surface area contributed by atoms with Gasteiger partial charge in [-0.05, 0) is 48.2 Å². The van der Waals surface area contributed by atoms with Crippen LogP contribution in [0.25, 0.3) is 0 Å². The Balaban J connectivity index is 1.59. The third kappa shape index (κ3) is 4.61. The maximum Gasteiger partial charge on any atom is 0.331 e. The first-order valence-corrected chi connectivity index (χ1v) is 10.5. The van der Waals surface area contributed by atoms with Crippen LogP contribution in [0.15, 0.2) is 84.9 Å². The van der Waals surface area contributed by atoms with E-state index in [4.69, 9.17) is 0 Å². The second-order valence-electron chi connectivity index (χ2n) is 8.05. The van der Waals surface area contributed by atoms with Gasteiger partial charge in [-0.1, -0.05) is 67.6 Å². The van der Waals surface area contributed by atoms with E-state index in [1.807, 2.05) is 79.7 Å². The van der Waals surface area contributed by atoms with Crippen molar-refractivity contribution >= 4 is 17.6 Å². The Hall–Kier alpha value is -3.60. The van der Waals surface area contributed by atoms with Gasteiger partial charge in [-0.2, -0.15) is 0 Å². The normalized spacial score (nSPS) is 17.1. The van der Waals surface area contributed by atoms with Crippen molar-refractivity contribution in [3.63, 3.8) is 0 Å². The summed E-state index contributed by atoms with van der Waals surface area (Å²) in [7, 11) is 0. The van der Waals surface area contributed by atoms with Gasteiger partial charge in [0, 0.05) is 18.2 Å². The highest BCUT2D eigenvalue weighted by Gasteiger charge is 2.43. The SMILES string of the molecule is C[C@@H](Cc1ccccc1)C(=O)N1C(=O)N(c2ccccc2)C[C@@H]1Cc1ccc(O)cc1. The van der Waals surface area contributed by atoms with Crippen molar-refractivity contribution in [2.45, 2.75) is 25.8 Å². The number of nitrogens with zero attached hydrogens (tertiary/aromatic N) is 2. The molecule has 1 fully saturated rings. The van der Waals surface area contributed by atoms with E-state index in [0.717, 1.165) is 16.8 Å². The fourth-order valence-electron chi connectivity index (χ4n) is 4.11. The number of carbonyl (C=O) groups excluding carboxylic acids is 2. The summed E-state index contributed by atoms with van der Waals surface area (Å²) in [6.45, 7) is 2.32. The number of urea groups is 1. The van der Waals surface area contributed by atoms with Crippen molar-refractivity contribution in [3.8, 4) is 5.75 Å². The zero-order chi connectivity index (χ0) is 21.8. The van der Waals surface area contributed by atoms with Gasteiger partial charge in [0.05, 0.1) is 6.04 Å². The van der Waals surface area contributed by atoms with Crippen LogP contribution in [0.5, 0.6) is 5.75 Å². The van der Waals surface area contributed by atoms with Gasteiger partial charge in [-0.15, -0.1) is 0 Å². The highest BCUT2D eigenvalue weighted by molar-refractivity contribution is 6.05. The average Bonchev–Trinajstić information content (AvgIpc) is 3.11. The molecule has 4 rings (SSSR count). The maximum atomic E-state index is 13.4. The van der Waals surface area contributed by atoms with Gasteiger partial charge in [-0.25, -0.2) is 4.79 Å². The van der Waals surface area contributed by atoms with Crippen molar-refractivity contribution in [2.75, 3.05) is 11.4 Å². The Labute approximate surface area is 182 Å². The van der Waals surface area contributed by atoms with E-state index in [9.17, 15) is 14.7 Å². The second kappa shape index (κ2) is 9.04. The van der Waals surface area contributed by atoms with Crippen LogP contribution in [-0.2, 0) is 17.6 Å². The van der Waals surface area contributed by atoms with Crippen LogP contribution in [0.4, 0.5) is 10.5 Å². The number of anilines is 1. The van der Waals surface area contributed by atoms with Crippen molar-refractivity contribution in [3.05, 3.63) is 96.1 Å². The summed E-state index contributed by atoms with van der Waals surface area (Å²) in [5.41, 5.74) is 2.83. The molecule has 5 heteroatoms. The molecule has 0 bridgehead atoms. The number of phenols is 1. The number of imide groups is 1. The molecule has 3 aromatic carbocycles. The first kappa shape index (κ1) is 20.7. The van der Waals surface area contributed by atoms with Gasteiger partial charge in [0.15, 0.2) is 0 Å². The minimum absolute atomic E-state index is 0.156. The van der Waals surface area contributed by atoms with Crippen LogP contribution in [0, 0.1) is 5.92 Å². The molecule has 158 valence electrons. The quantitative estimate of drug-likeness (QED) is 0.639. The molecule has 0 spiro atoms. The monoisotopic (exact) mass is 414 g/mol. The number of para-hydroxylation sites is 1. The van der Waals surface area contributed by atoms with Gasteiger partial charge in [0.25, 0.3) is 0 Å². The summed E-state index contributed by atoms with van der Waals surface area (Å²) < 4.78 is 0. The zero-order valence-corrected chi connectivity index (χ0v) is 17.5. The first-order chi connectivity index (χ1) is 15.0. The molecule has 5 nitrogen and oxygen atoms in total. The topological polar surface area (TPSA) is 60.9 Å². The minimum Gasteiger partial charge on any atom is -0.508 e. The smallest absolute Gasteiger partial charge is 0.331 e. The molecule has 0 unspecified atom stereocenters. The van der Waals surface area contributed by atoms with E-state index in [-0.39, 0.29) is 29.6 Å². The Kier molecular flexibility index (Phi) is 6.03. The average molecular weight is 415 g/mol. The molecule has 31 heavy (non-hydrogen) atoms. The summed E-state index contributed by atoms with van der Waals surface area (Å²) in [6, 6.07) is 25.7. The number of benzene rings is 3. The molecule has 1 N–H and O–H groups in total. The Morgan fingerprint density at radius 1 is 0.935 bits per heavy atom. The number of carbonyl (C=O) groups is 2. The molecule has 1 aliphatic heterocycles. The van der Waals surface area contributed by atoms with Crippen LogP contribution in [-0.4, -0.2) is 34.5 Å². The lowest BCUT2D eigenvalue weighted by atomic mass is 9.98. The predicted molar refractivity (Wildman–Crippen MR) is 121 cm³/mol. The van der Waals surface area contributed by atoms with Gasteiger partial charge < -0.3 is 5.11 Å². The van der Waals surface area contributed by atoms with E-state index in [2.05, 4.69) is 0 Å². The fourth-order valence-corrected chi connectivity index (χ4v) is 4.11. The van der Waals surface area contributed by atoms with Crippen LogP contribution in [0.1, 0.15) is 18.1 Å².